The second-order valence-corrected chi connectivity index (χ2v) is 6.89. The summed E-state index contributed by atoms with van der Waals surface area (Å²) in [4.78, 5) is 18.9. The fourth-order valence-electron chi connectivity index (χ4n) is 3.60. The second kappa shape index (κ2) is 7.34. The quantitative estimate of drug-likeness (QED) is 0.871. The number of pyridine rings is 1. The Bertz CT molecular complexity index is 784. The molecule has 1 fully saturated rings. The number of rotatable bonds is 4. The zero-order chi connectivity index (χ0) is 19.8. The summed E-state index contributed by atoms with van der Waals surface area (Å²) in [5.74, 6) is 0.0898. The second-order valence-electron chi connectivity index (χ2n) is 6.89. The fraction of sp³-hybridized carbons (Fsp3) is 0.474. The Morgan fingerprint density at radius 2 is 2.07 bits per heavy atom. The lowest BCUT2D eigenvalue weighted by atomic mass is 9.93. The highest BCUT2D eigenvalue weighted by atomic mass is 19.4. The molecule has 0 saturated carbocycles. The Hall–Kier alpha value is -2.35. The van der Waals surface area contributed by atoms with Gasteiger partial charge in [-0.25, -0.2) is 0 Å². The van der Waals surface area contributed by atoms with Gasteiger partial charge >= 0.3 is 6.18 Å². The number of carbonyl (C=O) groups is 1. The number of aliphatic hydroxyl groups excluding tert-OH is 1. The molecule has 1 unspecified atom stereocenters. The van der Waals surface area contributed by atoms with Crippen LogP contribution in [0.4, 0.5) is 13.2 Å². The van der Waals surface area contributed by atoms with Crippen molar-refractivity contribution in [2.45, 2.75) is 38.5 Å². The molecule has 1 N–H and O–H groups in total. The highest BCUT2D eigenvalue weighted by Gasteiger charge is 2.44. The van der Waals surface area contributed by atoms with Crippen molar-refractivity contribution in [1.82, 2.24) is 14.8 Å². The summed E-state index contributed by atoms with van der Waals surface area (Å²) in [6.07, 6.45) is -0.427. The minimum absolute atomic E-state index is 0.0898. The SMILES string of the molecule is CC1=CC(C(F)(F)F)N(C)C(c2ccc(CN3CCCC3=O)nc2)=C1CO. The van der Waals surface area contributed by atoms with E-state index in [0.29, 0.717) is 47.6 Å². The van der Waals surface area contributed by atoms with Crippen LogP contribution < -0.4 is 0 Å². The van der Waals surface area contributed by atoms with Crippen molar-refractivity contribution in [2.24, 2.45) is 0 Å². The Kier molecular flexibility index (Phi) is 5.28. The molecule has 8 heteroatoms. The summed E-state index contributed by atoms with van der Waals surface area (Å²) >= 11 is 0. The lowest BCUT2D eigenvalue weighted by Crippen LogP contribution is -2.43. The Morgan fingerprint density at radius 3 is 2.59 bits per heavy atom. The predicted octanol–water partition coefficient (Wildman–Crippen LogP) is 2.73. The van der Waals surface area contributed by atoms with Gasteiger partial charge in [0.25, 0.3) is 0 Å². The average molecular weight is 381 g/mol. The van der Waals surface area contributed by atoms with Crippen LogP contribution in [0.25, 0.3) is 5.70 Å². The van der Waals surface area contributed by atoms with Crippen molar-refractivity contribution < 1.29 is 23.1 Å². The van der Waals surface area contributed by atoms with Crippen LogP contribution in [0.15, 0.2) is 35.6 Å². The summed E-state index contributed by atoms with van der Waals surface area (Å²) < 4.78 is 40.2. The predicted molar refractivity (Wildman–Crippen MR) is 94.3 cm³/mol. The number of nitrogens with zero attached hydrogens (tertiary/aromatic N) is 3. The maximum absolute atomic E-state index is 13.4. The molecular weight excluding hydrogens is 359 g/mol. The van der Waals surface area contributed by atoms with Gasteiger partial charge in [-0.1, -0.05) is 0 Å². The first-order valence-corrected chi connectivity index (χ1v) is 8.77. The number of likely N-dealkylation sites (tertiary alicyclic amines) is 1. The van der Waals surface area contributed by atoms with E-state index in [2.05, 4.69) is 4.98 Å². The molecule has 1 aromatic rings. The molecule has 0 bridgehead atoms. The van der Waals surface area contributed by atoms with Gasteiger partial charge < -0.3 is 14.9 Å². The number of hydrogen-bond acceptors (Lipinski definition) is 4. The Morgan fingerprint density at radius 1 is 1.33 bits per heavy atom. The van der Waals surface area contributed by atoms with Gasteiger partial charge in [-0.15, -0.1) is 0 Å². The average Bonchev–Trinajstić information content (AvgIpc) is 3.01. The number of aromatic nitrogens is 1. The van der Waals surface area contributed by atoms with Crippen molar-refractivity contribution in [1.29, 1.82) is 0 Å². The molecule has 0 spiro atoms. The molecule has 146 valence electrons. The van der Waals surface area contributed by atoms with Gasteiger partial charge in [0.2, 0.25) is 5.91 Å². The lowest BCUT2D eigenvalue weighted by molar-refractivity contribution is -0.160. The van der Waals surface area contributed by atoms with Crippen LogP contribution in [0.1, 0.15) is 31.0 Å². The van der Waals surface area contributed by atoms with Crippen LogP contribution in [-0.4, -0.2) is 58.2 Å². The third kappa shape index (κ3) is 3.85. The van der Waals surface area contributed by atoms with E-state index in [1.165, 1.54) is 13.2 Å². The van der Waals surface area contributed by atoms with Gasteiger partial charge in [0.1, 0.15) is 6.04 Å². The van der Waals surface area contributed by atoms with Crippen molar-refractivity contribution in [2.75, 3.05) is 20.2 Å². The molecule has 1 amide bonds. The van der Waals surface area contributed by atoms with Crippen LogP contribution in [0.2, 0.25) is 0 Å². The molecular formula is C19H22F3N3O2. The fourth-order valence-corrected chi connectivity index (χ4v) is 3.60. The molecule has 0 aromatic carbocycles. The molecule has 3 rings (SSSR count). The molecule has 1 aromatic heterocycles. The highest BCUT2D eigenvalue weighted by molar-refractivity contribution is 5.78. The maximum atomic E-state index is 13.4. The number of aliphatic hydroxyl groups is 1. The number of carbonyl (C=O) groups excluding carboxylic acids is 1. The van der Waals surface area contributed by atoms with Crippen molar-refractivity contribution in [3.05, 3.63) is 46.8 Å². The zero-order valence-electron chi connectivity index (χ0n) is 15.3. The van der Waals surface area contributed by atoms with E-state index in [0.717, 1.165) is 17.4 Å². The molecule has 0 aliphatic carbocycles. The normalized spacial score (nSPS) is 21.2. The molecule has 0 radical (unpaired) electrons. The minimum Gasteiger partial charge on any atom is -0.392 e. The molecule has 27 heavy (non-hydrogen) atoms. The third-order valence-electron chi connectivity index (χ3n) is 5.06. The Balaban J connectivity index is 1.90. The van der Waals surface area contributed by atoms with Gasteiger partial charge in [0.15, 0.2) is 0 Å². The third-order valence-corrected chi connectivity index (χ3v) is 5.06. The first-order chi connectivity index (χ1) is 12.7. The molecule has 1 saturated heterocycles. The number of amides is 1. The summed E-state index contributed by atoms with van der Waals surface area (Å²) in [5, 5.41) is 9.70. The van der Waals surface area contributed by atoms with Crippen LogP contribution in [0.3, 0.4) is 0 Å². The van der Waals surface area contributed by atoms with Crippen molar-refractivity contribution in [3.63, 3.8) is 0 Å². The van der Waals surface area contributed by atoms with Gasteiger partial charge in [-0.05, 0) is 37.1 Å². The highest BCUT2D eigenvalue weighted by Crippen LogP contribution is 2.38. The van der Waals surface area contributed by atoms with Crippen molar-refractivity contribution >= 4 is 11.6 Å². The van der Waals surface area contributed by atoms with E-state index >= 15 is 0 Å². The molecule has 2 aliphatic rings. The zero-order valence-corrected chi connectivity index (χ0v) is 15.3. The standard InChI is InChI=1S/C19H22F3N3O2/c1-12-8-16(19(20,21)22)24(2)18(15(12)11-26)13-5-6-14(23-9-13)10-25-7-3-4-17(25)27/h5-6,8-9,16,26H,3-4,7,10-11H2,1-2H3. The van der Waals surface area contributed by atoms with Gasteiger partial charge in [-0.3, -0.25) is 9.78 Å². The van der Waals surface area contributed by atoms with Gasteiger partial charge in [-0.2, -0.15) is 13.2 Å². The maximum Gasteiger partial charge on any atom is 0.412 e. The molecule has 3 heterocycles. The van der Waals surface area contributed by atoms with Crippen LogP contribution in [0, 0.1) is 0 Å². The largest absolute Gasteiger partial charge is 0.412 e. The van der Waals surface area contributed by atoms with E-state index in [9.17, 15) is 23.1 Å². The first-order valence-electron chi connectivity index (χ1n) is 8.77. The lowest BCUT2D eigenvalue weighted by Gasteiger charge is -2.37. The summed E-state index contributed by atoms with van der Waals surface area (Å²) in [5.41, 5.74) is 2.34. The summed E-state index contributed by atoms with van der Waals surface area (Å²) in [6, 6.07) is 1.65. The number of likely N-dealkylation sites (N-methyl/N-ethyl adjacent to an activating group) is 1. The van der Waals surface area contributed by atoms with Crippen LogP contribution in [0.5, 0.6) is 0 Å². The minimum atomic E-state index is -4.42. The van der Waals surface area contributed by atoms with E-state index in [-0.39, 0.29) is 12.5 Å². The molecule has 2 aliphatic heterocycles. The summed E-state index contributed by atoms with van der Waals surface area (Å²) in [7, 11) is 1.36. The topological polar surface area (TPSA) is 56.7 Å². The van der Waals surface area contributed by atoms with Gasteiger partial charge in [0.05, 0.1) is 24.5 Å². The molecule has 5 nitrogen and oxygen atoms in total. The van der Waals surface area contributed by atoms with E-state index in [1.807, 2.05) is 0 Å². The number of hydrogen-bond donors (Lipinski definition) is 1. The monoisotopic (exact) mass is 381 g/mol. The molecule has 1 atom stereocenters. The Labute approximate surface area is 155 Å². The summed E-state index contributed by atoms with van der Waals surface area (Å²) in [6.45, 7) is 2.29. The smallest absolute Gasteiger partial charge is 0.392 e. The van der Waals surface area contributed by atoms with E-state index in [4.69, 9.17) is 0 Å². The number of halogens is 3. The van der Waals surface area contributed by atoms with Crippen LogP contribution in [-0.2, 0) is 11.3 Å². The van der Waals surface area contributed by atoms with Gasteiger partial charge in [0, 0.05) is 37.3 Å². The van der Waals surface area contributed by atoms with E-state index < -0.39 is 12.2 Å². The van der Waals surface area contributed by atoms with Crippen LogP contribution >= 0.6 is 0 Å². The van der Waals surface area contributed by atoms with E-state index in [1.54, 1.807) is 24.0 Å². The first kappa shape index (κ1) is 19.4. The number of alkyl halides is 3. The van der Waals surface area contributed by atoms with Crippen molar-refractivity contribution in [3.8, 4) is 0 Å².